The number of allylic oxidation sites excluding steroid dienone is 2. The Bertz CT molecular complexity index is 390. The lowest BCUT2D eigenvalue weighted by molar-refractivity contribution is -0.150. The van der Waals surface area contributed by atoms with E-state index < -0.39 is 5.97 Å². The van der Waals surface area contributed by atoms with Crippen LogP contribution in [0.4, 0.5) is 0 Å². The lowest BCUT2D eigenvalue weighted by atomic mass is 10.1. The Kier molecular flexibility index (Phi) is 18.5. The maximum atomic E-state index is 12.0. The first-order chi connectivity index (χ1) is 13.1. The fourth-order valence-corrected chi connectivity index (χ4v) is 3.12. The van der Waals surface area contributed by atoms with Crippen molar-refractivity contribution in [2.45, 2.75) is 123 Å². The molecule has 0 fully saturated rings. The Morgan fingerprint density at radius 3 is 2.04 bits per heavy atom. The number of aliphatic carboxylic acids is 1. The van der Waals surface area contributed by atoms with Gasteiger partial charge in [0, 0.05) is 12.8 Å². The molecule has 0 aromatic carbocycles. The molecule has 27 heavy (non-hydrogen) atoms. The highest BCUT2D eigenvalue weighted by atomic mass is 16.5. The van der Waals surface area contributed by atoms with Crippen molar-refractivity contribution in [1.29, 1.82) is 0 Å². The van der Waals surface area contributed by atoms with Crippen molar-refractivity contribution in [3.8, 4) is 0 Å². The van der Waals surface area contributed by atoms with Gasteiger partial charge in [-0.3, -0.25) is 9.59 Å². The van der Waals surface area contributed by atoms with Crippen LogP contribution in [0.1, 0.15) is 117 Å². The van der Waals surface area contributed by atoms with E-state index in [0.717, 1.165) is 25.7 Å². The highest BCUT2D eigenvalue weighted by Gasteiger charge is 2.14. The number of carboxylic acids is 1. The van der Waals surface area contributed by atoms with E-state index in [-0.39, 0.29) is 18.5 Å². The Hall–Kier alpha value is -1.32. The van der Waals surface area contributed by atoms with E-state index >= 15 is 0 Å². The molecule has 1 atom stereocenters. The van der Waals surface area contributed by atoms with Crippen LogP contribution in [0.25, 0.3) is 0 Å². The Morgan fingerprint density at radius 1 is 0.778 bits per heavy atom. The summed E-state index contributed by atoms with van der Waals surface area (Å²) in [6.07, 6.45) is 20.0. The lowest BCUT2D eigenvalue weighted by Gasteiger charge is -2.17. The zero-order valence-electron chi connectivity index (χ0n) is 17.7. The van der Waals surface area contributed by atoms with Gasteiger partial charge < -0.3 is 9.84 Å². The highest BCUT2D eigenvalue weighted by Crippen LogP contribution is 2.14. The summed E-state index contributed by atoms with van der Waals surface area (Å²) in [6.45, 7) is 4.29. The van der Waals surface area contributed by atoms with E-state index in [1.54, 1.807) is 0 Å². The molecule has 4 nitrogen and oxygen atoms in total. The summed E-state index contributed by atoms with van der Waals surface area (Å²) < 4.78 is 5.53. The Labute approximate surface area is 166 Å². The molecule has 0 saturated carbocycles. The van der Waals surface area contributed by atoms with E-state index in [0.29, 0.717) is 19.3 Å². The van der Waals surface area contributed by atoms with Gasteiger partial charge in [0.05, 0.1) is 0 Å². The molecule has 0 amide bonds. The first-order valence-electron chi connectivity index (χ1n) is 11.2. The van der Waals surface area contributed by atoms with Crippen molar-refractivity contribution in [2.24, 2.45) is 0 Å². The molecule has 0 heterocycles. The SMILES string of the molecule is CCCCC/C=C\CCCCCCCC(=O)OC(CCC)CCCC(=O)O. The largest absolute Gasteiger partial charge is 0.481 e. The Morgan fingerprint density at radius 2 is 1.41 bits per heavy atom. The van der Waals surface area contributed by atoms with Gasteiger partial charge >= 0.3 is 11.9 Å². The van der Waals surface area contributed by atoms with Gasteiger partial charge in [-0.05, 0) is 51.4 Å². The van der Waals surface area contributed by atoms with Gasteiger partial charge in [-0.2, -0.15) is 0 Å². The first kappa shape index (κ1) is 25.7. The quantitative estimate of drug-likeness (QED) is 0.151. The van der Waals surface area contributed by atoms with Crippen LogP contribution in [0.3, 0.4) is 0 Å². The second-order valence-corrected chi connectivity index (χ2v) is 7.46. The van der Waals surface area contributed by atoms with Crippen molar-refractivity contribution in [1.82, 2.24) is 0 Å². The first-order valence-corrected chi connectivity index (χ1v) is 11.2. The number of hydrogen-bond acceptors (Lipinski definition) is 3. The molecular formula is C23H42O4. The predicted molar refractivity (Wildman–Crippen MR) is 112 cm³/mol. The molecule has 0 aromatic heterocycles. The minimum atomic E-state index is -0.788. The fraction of sp³-hybridized carbons (Fsp3) is 0.826. The smallest absolute Gasteiger partial charge is 0.306 e. The summed E-state index contributed by atoms with van der Waals surface area (Å²) in [5.74, 6) is -0.914. The van der Waals surface area contributed by atoms with Crippen LogP contribution in [0.15, 0.2) is 12.2 Å². The average molecular weight is 383 g/mol. The van der Waals surface area contributed by atoms with Gasteiger partial charge in [0.1, 0.15) is 6.10 Å². The van der Waals surface area contributed by atoms with Crippen molar-refractivity contribution in [3.05, 3.63) is 12.2 Å². The molecule has 0 saturated heterocycles. The number of unbranched alkanes of at least 4 members (excludes halogenated alkanes) is 8. The number of rotatable bonds is 19. The number of carbonyl (C=O) groups is 2. The molecule has 1 N–H and O–H groups in total. The third-order valence-corrected chi connectivity index (χ3v) is 4.72. The zero-order chi connectivity index (χ0) is 20.2. The third-order valence-electron chi connectivity index (χ3n) is 4.72. The average Bonchev–Trinajstić information content (AvgIpc) is 2.62. The summed E-state index contributed by atoms with van der Waals surface area (Å²) in [6, 6.07) is 0. The number of esters is 1. The molecule has 4 heteroatoms. The van der Waals surface area contributed by atoms with Crippen LogP contribution in [0.2, 0.25) is 0 Å². The minimum absolute atomic E-state index is 0.119. The maximum Gasteiger partial charge on any atom is 0.306 e. The number of carboxylic acid groups (broad SMARTS) is 1. The van der Waals surface area contributed by atoms with Gasteiger partial charge in [0.25, 0.3) is 0 Å². The van der Waals surface area contributed by atoms with Crippen molar-refractivity contribution < 1.29 is 19.4 Å². The third kappa shape index (κ3) is 19.3. The summed E-state index contributed by atoms with van der Waals surface area (Å²) in [5.41, 5.74) is 0. The number of ether oxygens (including phenoxy) is 1. The molecule has 0 rings (SSSR count). The van der Waals surface area contributed by atoms with Gasteiger partial charge in [-0.25, -0.2) is 0 Å². The minimum Gasteiger partial charge on any atom is -0.481 e. The normalized spacial score (nSPS) is 12.4. The van der Waals surface area contributed by atoms with Crippen molar-refractivity contribution in [3.63, 3.8) is 0 Å². The standard InChI is InChI=1S/C23H42O4/c1-3-5-6-7-8-9-10-11-12-13-14-15-20-23(26)27-21(17-4-2)18-16-19-22(24)25/h8-9,21H,3-7,10-20H2,1-2H3,(H,24,25)/b9-8-. The zero-order valence-corrected chi connectivity index (χ0v) is 17.7. The second kappa shape index (κ2) is 19.4. The maximum absolute atomic E-state index is 12.0. The molecule has 0 radical (unpaired) electrons. The van der Waals surface area contributed by atoms with Crippen LogP contribution in [-0.2, 0) is 14.3 Å². The van der Waals surface area contributed by atoms with Crippen molar-refractivity contribution in [2.75, 3.05) is 0 Å². The molecule has 158 valence electrons. The molecule has 1 unspecified atom stereocenters. The van der Waals surface area contributed by atoms with Gasteiger partial charge in [0.15, 0.2) is 0 Å². The van der Waals surface area contributed by atoms with Gasteiger partial charge in [-0.1, -0.05) is 64.5 Å². The molecule has 0 aliphatic heterocycles. The van der Waals surface area contributed by atoms with E-state index in [9.17, 15) is 9.59 Å². The molecule has 0 aliphatic carbocycles. The Balaban J connectivity index is 3.61. The molecule has 0 aliphatic rings. The van der Waals surface area contributed by atoms with Crippen LogP contribution in [0, 0.1) is 0 Å². The van der Waals surface area contributed by atoms with E-state index in [2.05, 4.69) is 26.0 Å². The van der Waals surface area contributed by atoms with Crippen LogP contribution in [-0.4, -0.2) is 23.1 Å². The summed E-state index contributed by atoms with van der Waals surface area (Å²) in [7, 11) is 0. The van der Waals surface area contributed by atoms with Crippen LogP contribution in [0.5, 0.6) is 0 Å². The number of hydrogen-bond donors (Lipinski definition) is 1. The van der Waals surface area contributed by atoms with E-state index in [4.69, 9.17) is 9.84 Å². The molecule has 0 bridgehead atoms. The van der Waals surface area contributed by atoms with Gasteiger partial charge in [-0.15, -0.1) is 0 Å². The summed E-state index contributed by atoms with van der Waals surface area (Å²) in [5, 5.41) is 8.71. The van der Waals surface area contributed by atoms with E-state index in [1.165, 1.54) is 51.4 Å². The fourth-order valence-electron chi connectivity index (χ4n) is 3.12. The van der Waals surface area contributed by atoms with Crippen LogP contribution < -0.4 is 0 Å². The van der Waals surface area contributed by atoms with Gasteiger partial charge in [0.2, 0.25) is 0 Å². The second-order valence-electron chi connectivity index (χ2n) is 7.46. The van der Waals surface area contributed by atoms with E-state index in [1.807, 2.05) is 0 Å². The number of carbonyl (C=O) groups excluding carboxylic acids is 1. The van der Waals surface area contributed by atoms with Crippen LogP contribution >= 0.6 is 0 Å². The molecular weight excluding hydrogens is 340 g/mol. The summed E-state index contributed by atoms with van der Waals surface area (Å²) >= 11 is 0. The monoisotopic (exact) mass is 382 g/mol. The highest BCUT2D eigenvalue weighted by molar-refractivity contribution is 5.69. The molecule has 0 aromatic rings. The topological polar surface area (TPSA) is 63.6 Å². The predicted octanol–water partition coefficient (Wildman–Crippen LogP) is 6.82. The molecule has 0 spiro atoms. The summed E-state index contributed by atoms with van der Waals surface area (Å²) in [4.78, 5) is 22.5. The lowest BCUT2D eigenvalue weighted by Crippen LogP contribution is -2.18. The van der Waals surface area contributed by atoms with Crippen molar-refractivity contribution >= 4 is 11.9 Å².